The first-order valence-corrected chi connectivity index (χ1v) is 8.94. The van der Waals surface area contributed by atoms with Crippen molar-refractivity contribution in [1.29, 1.82) is 0 Å². The van der Waals surface area contributed by atoms with Crippen molar-refractivity contribution < 1.29 is 9.59 Å². The molecule has 2 aromatic carbocycles. The van der Waals surface area contributed by atoms with Crippen molar-refractivity contribution in [3.63, 3.8) is 0 Å². The monoisotopic (exact) mass is 356 g/mol. The number of amides is 1. The van der Waals surface area contributed by atoms with Gasteiger partial charge >= 0.3 is 0 Å². The molecule has 1 fully saturated rings. The summed E-state index contributed by atoms with van der Waals surface area (Å²) in [6.45, 7) is 2.19. The summed E-state index contributed by atoms with van der Waals surface area (Å²) in [5.41, 5.74) is 2.40. The Bertz CT molecular complexity index is 753. The predicted molar refractivity (Wildman–Crippen MR) is 102 cm³/mol. The fourth-order valence-electron chi connectivity index (χ4n) is 3.00. The SMILES string of the molecule is O=C(CCC(=O)c1ccccc1Cl)Nc1ccc(N2CCCC2)cc1. The molecule has 1 aliphatic rings. The normalized spacial score (nSPS) is 13.7. The molecule has 0 aliphatic carbocycles. The Kier molecular flexibility index (Phi) is 5.71. The lowest BCUT2D eigenvalue weighted by atomic mass is 10.1. The number of anilines is 2. The summed E-state index contributed by atoms with van der Waals surface area (Å²) in [6, 6.07) is 14.8. The van der Waals surface area contributed by atoms with Crippen molar-refractivity contribution >= 4 is 34.7 Å². The zero-order valence-corrected chi connectivity index (χ0v) is 14.8. The Balaban J connectivity index is 1.50. The van der Waals surface area contributed by atoms with Crippen molar-refractivity contribution in [2.45, 2.75) is 25.7 Å². The van der Waals surface area contributed by atoms with E-state index in [1.54, 1.807) is 24.3 Å². The Hall–Kier alpha value is -2.33. The van der Waals surface area contributed by atoms with E-state index in [-0.39, 0.29) is 24.5 Å². The third-order valence-corrected chi connectivity index (χ3v) is 4.71. The molecule has 0 unspecified atom stereocenters. The Morgan fingerprint density at radius 1 is 0.960 bits per heavy atom. The Labute approximate surface area is 152 Å². The molecule has 0 bridgehead atoms. The van der Waals surface area contributed by atoms with Crippen LogP contribution in [-0.2, 0) is 4.79 Å². The second-order valence-corrected chi connectivity index (χ2v) is 6.60. The molecule has 25 heavy (non-hydrogen) atoms. The first kappa shape index (κ1) is 17.5. The van der Waals surface area contributed by atoms with Crippen LogP contribution in [0.4, 0.5) is 11.4 Å². The summed E-state index contributed by atoms with van der Waals surface area (Å²) in [4.78, 5) is 26.6. The molecular weight excluding hydrogens is 336 g/mol. The zero-order valence-electron chi connectivity index (χ0n) is 14.0. The topological polar surface area (TPSA) is 49.4 Å². The van der Waals surface area contributed by atoms with Crippen LogP contribution in [0.2, 0.25) is 5.02 Å². The summed E-state index contributed by atoms with van der Waals surface area (Å²) in [7, 11) is 0. The van der Waals surface area contributed by atoms with Crippen molar-refractivity contribution in [1.82, 2.24) is 0 Å². The number of halogens is 1. The minimum Gasteiger partial charge on any atom is -0.372 e. The standard InChI is InChI=1S/C20H21ClN2O2/c21-18-6-2-1-5-17(18)19(24)11-12-20(25)22-15-7-9-16(10-8-15)23-13-3-4-14-23/h1-2,5-10H,3-4,11-14H2,(H,22,25). The molecule has 130 valence electrons. The van der Waals surface area contributed by atoms with Gasteiger partial charge in [0.25, 0.3) is 0 Å². The molecule has 1 amide bonds. The molecule has 0 atom stereocenters. The number of carbonyl (C=O) groups excluding carboxylic acids is 2. The Morgan fingerprint density at radius 2 is 1.64 bits per heavy atom. The molecule has 0 saturated carbocycles. The van der Waals surface area contributed by atoms with Crippen molar-refractivity contribution in [2.24, 2.45) is 0 Å². The van der Waals surface area contributed by atoms with Crippen LogP contribution in [0, 0.1) is 0 Å². The van der Waals surface area contributed by atoms with E-state index in [1.165, 1.54) is 18.5 Å². The number of Topliss-reactive ketones (excluding diaryl/α,β-unsaturated/α-hetero) is 1. The van der Waals surface area contributed by atoms with E-state index in [4.69, 9.17) is 11.6 Å². The summed E-state index contributed by atoms with van der Waals surface area (Å²) in [5.74, 6) is -0.292. The van der Waals surface area contributed by atoms with Crippen LogP contribution in [0.5, 0.6) is 0 Å². The minimum absolute atomic E-state index is 0.120. The summed E-state index contributed by atoms with van der Waals surface area (Å²) in [6.07, 6.45) is 2.75. The van der Waals surface area contributed by atoms with E-state index < -0.39 is 0 Å². The van der Waals surface area contributed by atoms with Gasteiger partial charge < -0.3 is 10.2 Å². The van der Waals surface area contributed by atoms with E-state index in [0.717, 1.165) is 18.8 Å². The average molecular weight is 357 g/mol. The summed E-state index contributed by atoms with van der Waals surface area (Å²) < 4.78 is 0. The van der Waals surface area contributed by atoms with Crippen molar-refractivity contribution in [2.75, 3.05) is 23.3 Å². The van der Waals surface area contributed by atoms with Crippen LogP contribution in [0.25, 0.3) is 0 Å². The molecule has 0 radical (unpaired) electrons. The summed E-state index contributed by atoms with van der Waals surface area (Å²) in [5, 5.41) is 3.26. The lowest BCUT2D eigenvalue weighted by Crippen LogP contribution is -2.17. The minimum atomic E-state index is -0.172. The molecule has 1 N–H and O–H groups in total. The molecule has 4 nitrogen and oxygen atoms in total. The maximum absolute atomic E-state index is 12.1. The molecule has 1 saturated heterocycles. The van der Waals surface area contributed by atoms with Gasteiger partial charge in [-0.2, -0.15) is 0 Å². The van der Waals surface area contributed by atoms with Crippen molar-refractivity contribution in [3.05, 3.63) is 59.1 Å². The highest BCUT2D eigenvalue weighted by Crippen LogP contribution is 2.22. The third-order valence-electron chi connectivity index (χ3n) is 4.38. The van der Waals surface area contributed by atoms with Crippen LogP contribution < -0.4 is 10.2 Å². The second kappa shape index (κ2) is 8.17. The quantitative estimate of drug-likeness (QED) is 0.773. The van der Waals surface area contributed by atoms with Gasteiger partial charge in [-0.3, -0.25) is 9.59 Å². The number of hydrogen-bond acceptors (Lipinski definition) is 3. The Morgan fingerprint density at radius 3 is 2.32 bits per heavy atom. The van der Waals surface area contributed by atoms with Gasteiger partial charge in [0, 0.05) is 42.9 Å². The number of carbonyl (C=O) groups is 2. The van der Waals surface area contributed by atoms with Gasteiger partial charge in [-0.05, 0) is 49.2 Å². The van der Waals surface area contributed by atoms with Gasteiger partial charge in [0.05, 0.1) is 5.02 Å². The third kappa shape index (κ3) is 4.60. The highest BCUT2D eigenvalue weighted by molar-refractivity contribution is 6.34. The second-order valence-electron chi connectivity index (χ2n) is 6.19. The van der Waals surface area contributed by atoms with Gasteiger partial charge in [0.2, 0.25) is 5.91 Å². The number of rotatable bonds is 6. The van der Waals surface area contributed by atoms with Crippen LogP contribution in [0.3, 0.4) is 0 Å². The fraction of sp³-hybridized carbons (Fsp3) is 0.300. The van der Waals surface area contributed by atoms with E-state index in [9.17, 15) is 9.59 Å². The fourth-order valence-corrected chi connectivity index (χ4v) is 3.24. The molecule has 1 heterocycles. The van der Waals surface area contributed by atoms with Gasteiger partial charge in [-0.15, -0.1) is 0 Å². The smallest absolute Gasteiger partial charge is 0.224 e. The lowest BCUT2D eigenvalue weighted by molar-refractivity contribution is -0.116. The first-order chi connectivity index (χ1) is 12.1. The van der Waals surface area contributed by atoms with Crippen LogP contribution in [0.1, 0.15) is 36.0 Å². The molecule has 2 aromatic rings. The summed E-state index contributed by atoms with van der Waals surface area (Å²) >= 11 is 6.01. The number of hydrogen-bond donors (Lipinski definition) is 1. The lowest BCUT2D eigenvalue weighted by Gasteiger charge is -2.17. The van der Waals surface area contributed by atoms with E-state index in [1.807, 2.05) is 24.3 Å². The number of nitrogens with zero attached hydrogens (tertiary/aromatic N) is 1. The van der Waals surface area contributed by atoms with Gasteiger partial charge in [-0.1, -0.05) is 23.7 Å². The zero-order chi connectivity index (χ0) is 17.6. The van der Waals surface area contributed by atoms with E-state index in [2.05, 4.69) is 10.2 Å². The molecule has 5 heteroatoms. The molecule has 0 aromatic heterocycles. The predicted octanol–water partition coefficient (Wildman–Crippen LogP) is 4.54. The van der Waals surface area contributed by atoms with E-state index >= 15 is 0 Å². The molecule has 0 spiro atoms. The number of ketones is 1. The highest BCUT2D eigenvalue weighted by atomic mass is 35.5. The molecule has 3 rings (SSSR count). The average Bonchev–Trinajstić information content (AvgIpc) is 3.15. The van der Waals surface area contributed by atoms with Crippen molar-refractivity contribution in [3.8, 4) is 0 Å². The highest BCUT2D eigenvalue weighted by Gasteiger charge is 2.14. The van der Waals surface area contributed by atoms with Gasteiger partial charge in [0.1, 0.15) is 0 Å². The first-order valence-electron chi connectivity index (χ1n) is 8.56. The van der Waals surface area contributed by atoms with Crippen LogP contribution in [0.15, 0.2) is 48.5 Å². The molecular formula is C20H21ClN2O2. The van der Waals surface area contributed by atoms with E-state index in [0.29, 0.717) is 10.6 Å². The largest absolute Gasteiger partial charge is 0.372 e. The van der Waals surface area contributed by atoms with Gasteiger partial charge in [0.15, 0.2) is 5.78 Å². The number of nitrogens with one attached hydrogen (secondary N) is 1. The maximum atomic E-state index is 12.1. The van der Waals surface area contributed by atoms with Crippen LogP contribution in [-0.4, -0.2) is 24.8 Å². The van der Waals surface area contributed by atoms with Crippen LogP contribution >= 0.6 is 11.6 Å². The molecule has 1 aliphatic heterocycles. The van der Waals surface area contributed by atoms with Gasteiger partial charge in [-0.25, -0.2) is 0 Å². The number of benzene rings is 2. The maximum Gasteiger partial charge on any atom is 0.224 e.